The molecule has 0 aliphatic rings. The molecule has 0 saturated carbocycles. The lowest BCUT2D eigenvalue weighted by Crippen LogP contribution is -2.14. The number of nitrogens with zero attached hydrogens (tertiary/aromatic N) is 1. The second kappa shape index (κ2) is 10.3. The lowest BCUT2D eigenvalue weighted by molar-refractivity contribution is -0.116. The minimum Gasteiger partial charge on any atom is -0.497 e. The van der Waals surface area contributed by atoms with E-state index in [-0.39, 0.29) is 24.0 Å². The van der Waals surface area contributed by atoms with Crippen LogP contribution < -0.4 is 15.4 Å². The Labute approximate surface area is 181 Å². The lowest BCUT2D eigenvalue weighted by Gasteiger charge is -2.06. The van der Waals surface area contributed by atoms with Gasteiger partial charge in [0.05, 0.1) is 25.0 Å². The fourth-order valence-corrected chi connectivity index (χ4v) is 4.13. The standard InChI is InChI=1S/C20H18ClN3O3S2/c1-27-17-4-2-3-15(9-17)23-18(25)10-16-11-28-20(24-16)29-12-19(26)22-14-7-5-13(21)6-8-14/h2-9,11H,10,12H2,1H3,(H,22,26)(H,23,25). The molecule has 0 bridgehead atoms. The van der Waals surface area contributed by atoms with E-state index in [1.165, 1.54) is 23.1 Å². The number of halogens is 1. The third-order valence-corrected chi connectivity index (χ3v) is 6.00. The van der Waals surface area contributed by atoms with Crippen molar-refractivity contribution < 1.29 is 14.3 Å². The first-order valence-electron chi connectivity index (χ1n) is 8.58. The van der Waals surface area contributed by atoms with Crippen molar-refractivity contribution in [1.29, 1.82) is 0 Å². The third kappa shape index (κ3) is 6.77. The summed E-state index contributed by atoms with van der Waals surface area (Å²) in [5.74, 6) is 0.600. The van der Waals surface area contributed by atoms with Crippen LogP contribution in [0.3, 0.4) is 0 Å². The van der Waals surface area contributed by atoms with Crippen molar-refractivity contribution in [3.8, 4) is 5.75 Å². The minimum atomic E-state index is -0.166. The molecule has 6 nitrogen and oxygen atoms in total. The van der Waals surface area contributed by atoms with Gasteiger partial charge in [-0.2, -0.15) is 0 Å². The van der Waals surface area contributed by atoms with E-state index >= 15 is 0 Å². The number of hydrogen-bond donors (Lipinski definition) is 2. The van der Waals surface area contributed by atoms with E-state index in [9.17, 15) is 9.59 Å². The van der Waals surface area contributed by atoms with Gasteiger partial charge in [-0.25, -0.2) is 4.98 Å². The van der Waals surface area contributed by atoms with Gasteiger partial charge in [0.15, 0.2) is 4.34 Å². The molecule has 0 unspecified atom stereocenters. The average Bonchev–Trinajstić information content (AvgIpc) is 3.15. The van der Waals surface area contributed by atoms with Gasteiger partial charge in [-0.05, 0) is 36.4 Å². The first-order valence-corrected chi connectivity index (χ1v) is 10.8. The van der Waals surface area contributed by atoms with Crippen LogP contribution in [0.2, 0.25) is 5.02 Å². The molecule has 2 N–H and O–H groups in total. The molecule has 3 rings (SSSR count). The molecule has 2 amide bonds. The summed E-state index contributed by atoms with van der Waals surface area (Å²) in [5.41, 5.74) is 2.02. The van der Waals surface area contributed by atoms with E-state index in [4.69, 9.17) is 16.3 Å². The maximum atomic E-state index is 12.2. The second-order valence-corrected chi connectivity index (χ2v) is 8.42. The molecule has 0 atom stereocenters. The Kier molecular flexibility index (Phi) is 7.51. The van der Waals surface area contributed by atoms with Crippen LogP contribution in [0.15, 0.2) is 58.3 Å². The van der Waals surface area contributed by atoms with Crippen LogP contribution in [-0.4, -0.2) is 29.7 Å². The molecule has 29 heavy (non-hydrogen) atoms. The molecule has 150 valence electrons. The zero-order chi connectivity index (χ0) is 20.6. The summed E-state index contributed by atoms with van der Waals surface area (Å²) in [6.45, 7) is 0. The number of hydrogen-bond acceptors (Lipinski definition) is 6. The van der Waals surface area contributed by atoms with Crippen molar-refractivity contribution in [3.05, 3.63) is 64.6 Å². The number of nitrogens with one attached hydrogen (secondary N) is 2. The van der Waals surface area contributed by atoms with Gasteiger partial charge >= 0.3 is 0 Å². The first kappa shape index (κ1) is 21.2. The molecule has 9 heteroatoms. The zero-order valence-corrected chi connectivity index (χ0v) is 17.9. The Hall–Kier alpha value is -2.55. The van der Waals surface area contributed by atoms with Crippen molar-refractivity contribution >= 4 is 57.9 Å². The number of anilines is 2. The molecular weight excluding hydrogens is 430 g/mol. The maximum absolute atomic E-state index is 12.2. The summed E-state index contributed by atoms with van der Waals surface area (Å²) in [4.78, 5) is 28.7. The summed E-state index contributed by atoms with van der Waals surface area (Å²) < 4.78 is 5.88. The number of carbonyl (C=O) groups is 2. The van der Waals surface area contributed by atoms with Gasteiger partial charge < -0.3 is 15.4 Å². The summed E-state index contributed by atoms with van der Waals surface area (Å²) in [6.07, 6.45) is 0.158. The van der Waals surface area contributed by atoms with Crippen LogP contribution in [0.4, 0.5) is 11.4 Å². The highest BCUT2D eigenvalue weighted by atomic mass is 35.5. The van der Waals surface area contributed by atoms with E-state index in [2.05, 4.69) is 15.6 Å². The number of rotatable bonds is 8. The van der Waals surface area contributed by atoms with Gasteiger partial charge in [-0.15, -0.1) is 11.3 Å². The number of benzene rings is 2. The summed E-state index contributed by atoms with van der Waals surface area (Å²) in [6, 6.07) is 14.1. The molecule has 0 radical (unpaired) electrons. The molecule has 0 aliphatic carbocycles. The Bertz CT molecular complexity index is 993. The Morgan fingerprint density at radius 2 is 1.86 bits per heavy atom. The number of ether oxygens (including phenoxy) is 1. The lowest BCUT2D eigenvalue weighted by atomic mass is 10.2. The van der Waals surface area contributed by atoms with Crippen LogP contribution in [0.1, 0.15) is 5.69 Å². The van der Waals surface area contributed by atoms with Crippen LogP contribution in [0, 0.1) is 0 Å². The van der Waals surface area contributed by atoms with Crippen molar-refractivity contribution in [1.82, 2.24) is 4.98 Å². The van der Waals surface area contributed by atoms with Crippen LogP contribution >= 0.6 is 34.7 Å². The quantitative estimate of drug-likeness (QED) is 0.488. The SMILES string of the molecule is COc1cccc(NC(=O)Cc2csc(SCC(=O)Nc3ccc(Cl)cc3)n2)c1. The second-order valence-electron chi connectivity index (χ2n) is 5.91. The van der Waals surface area contributed by atoms with E-state index in [0.29, 0.717) is 27.8 Å². The van der Waals surface area contributed by atoms with Crippen LogP contribution in [0.5, 0.6) is 5.75 Å². The van der Waals surface area contributed by atoms with E-state index in [1.807, 2.05) is 11.4 Å². The summed E-state index contributed by atoms with van der Waals surface area (Å²) in [7, 11) is 1.57. The normalized spacial score (nSPS) is 10.4. The fourth-order valence-electron chi connectivity index (χ4n) is 2.36. The van der Waals surface area contributed by atoms with Crippen LogP contribution in [0.25, 0.3) is 0 Å². The molecule has 1 aromatic heterocycles. The molecule has 1 heterocycles. The largest absolute Gasteiger partial charge is 0.497 e. The van der Waals surface area contributed by atoms with Crippen molar-refractivity contribution in [3.63, 3.8) is 0 Å². The average molecular weight is 448 g/mol. The Morgan fingerprint density at radius 1 is 1.10 bits per heavy atom. The highest BCUT2D eigenvalue weighted by Gasteiger charge is 2.11. The van der Waals surface area contributed by atoms with Crippen molar-refractivity contribution in [2.24, 2.45) is 0 Å². The molecule has 3 aromatic rings. The molecule has 0 fully saturated rings. The highest BCUT2D eigenvalue weighted by Crippen LogP contribution is 2.24. The number of thiazole rings is 1. The third-order valence-electron chi connectivity index (χ3n) is 3.68. The van der Waals surface area contributed by atoms with E-state index < -0.39 is 0 Å². The predicted molar refractivity (Wildman–Crippen MR) is 118 cm³/mol. The Morgan fingerprint density at radius 3 is 2.62 bits per heavy atom. The number of thioether (sulfide) groups is 1. The van der Waals surface area contributed by atoms with Crippen molar-refractivity contribution in [2.45, 2.75) is 10.8 Å². The number of amides is 2. The Balaban J connectivity index is 1.46. The van der Waals surface area contributed by atoms with Crippen LogP contribution in [-0.2, 0) is 16.0 Å². The highest BCUT2D eigenvalue weighted by molar-refractivity contribution is 8.01. The first-order chi connectivity index (χ1) is 14.0. The van der Waals surface area contributed by atoms with E-state index in [1.54, 1.807) is 49.6 Å². The molecule has 0 saturated heterocycles. The minimum absolute atomic E-state index is 0.134. The summed E-state index contributed by atoms with van der Waals surface area (Å²) >= 11 is 8.57. The van der Waals surface area contributed by atoms with Gasteiger partial charge in [0, 0.05) is 27.8 Å². The van der Waals surface area contributed by atoms with E-state index in [0.717, 1.165) is 4.34 Å². The molecule has 2 aromatic carbocycles. The van der Waals surface area contributed by atoms with Gasteiger partial charge in [-0.3, -0.25) is 9.59 Å². The van der Waals surface area contributed by atoms with Gasteiger partial charge in [0.2, 0.25) is 11.8 Å². The fraction of sp³-hybridized carbons (Fsp3) is 0.150. The molecular formula is C20H18ClN3O3S2. The maximum Gasteiger partial charge on any atom is 0.234 e. The van der Waals surface area contributed by atoms with Gasteiger partial charge in [-0.1, -0.05) is 29.4 Å². The van der Waals surface area contributed by atoms with Gasteiger partial charge in [0.1, 0.15) is 5.75 Å². The molecule has 0 spiro atoms. The zero-order valence-electron chi connectivity index (χ0n) is 15.5. The summed E-state index contributed by atoms with van der Waals surface area (Å²) in [5, 5.41) is 8.06. The van der Waals surface area contributed by atoms with Crippen molar-refractivity contribution in [2.75, 3.05) is 23.5 Å². The number of aromatic nitrogens is 1. The monoisotopic (exact) mass is 447 g/mol. The predicted octanol–water partition coefficient (Wildman–Crippen LogP) is 4.72. The number of methoxy groups -OCH3 is 1. The number of carbonyl (C=O) groups excluding carboxylic acids is 2. The topological polar surface area (TPSA) is 80.3 Å². The smallest absolute Gasteiger partial charge is 0.234 e. The van der Waals surface area contributed by atoms with Gasteiger partial charge in [0.25, 0.3) is 0 Å². The molecule has 0 aliphatic heterocycles.